The summed E-state index contributed by atoms with van der Waals surface area (Å²) in [6, 6.07) is 4.05. The van der Waals surface area contributed by atoms with Gasteiger partial charge in [-0.3, -0.25) is 0 Å². The van der Waals surface area contributed by atoms with Crippen molar-refractivity contribution in [2.45, 2.75) is 32.9 Å². The summed E-state index contributed by atoms with van der Waals surface area (Å²) in [4.78, 5) is 10.7. The van der Waals surface area contributed by atoms with Gasteiger partial charge in [-0.2, -0.15) is 0 Å². The maximum absolute atomic E-state index is 5.75. The maximum atomic E-state index is 5.75. The van der Waals surface area contributed by atoms with Crippen molar-refractivity contribution in [1.82, 2.24) is 9.97 Å². The molecule has 0 radical (unpaired) electrons. The summed E-state index contributed by atoms with van der Waals surface area (Å²) in [5.41, 5.74) is 6.80. The highest BCUT2D eigenvalue weighted by Crippen LogP contribution is 2.13. The second kappa shape index (κ2) is 5.84. The lowest BCUT2D eigenvalue weighted by atomic mass is 10.1. The molecule has 0 amide bonds. The van der Waals surface area contributed by atoms with Crippen LogP contribution in [0.2, 0.25) is 0 Å². The van der Waals surface area contributed by atoms with E-state index in [2.05, 4.69) is 9.97 Å². The van der Waals surface area contributed by atoms with Crippen LogP contribution in [0.25, 0.3) is 0 Å². The van der Waals surface area contributed by atoms with Crippen LogP contribution in [0.15, 0.2) is 28.9 Å². The van der Waals surface area contributed by atoms with E-state index in [-0.39, 0.29) is 6.04 Å². The third-order valence-corrected chi connectivity index (χ3v) is 2.78. The summed E-state index contributed by atoms with van der Waals surface area (Å²) in [5, 5.41) is 0. The fourth-order valence-electron chi connectivity index (χ4n) is 1.90. The van der Waals surface area contributed by atoms with Crippen molar-refractivity contribution in [1.29, 1.82) is 0 Å². The molecule has 2 aromatic heterocycles. The van der Waals surface area contributed by atoms with Gasteiger partial charge >= 0.3 is 0 Å². The van der Waals surface area contributed by atoms with Gasteiger partial charge in [0.2, 0.25) is 5.95 Å². The zero-order valence-corrected chi connectivity index (χ0v) is 11.6. The first-order valence-corrected chi connectivity index (χ1v) is 6.37. The van der Waals surface area contributed by atoms with Gasteiger partial charge in [-0.25, -0.2) is 9.97 Å². The van der Waals surface area contributed by atoms with Crippen LogP contribution >= 0.6 is 0 Å². The Morgan fingerprint density at radius 1 is 1.32 bits per heavy atom. The predicted octanol–water partition coefficient (Wildman–Crippen LogP) is 1.90. The average molecular weight is 260 g/mol. The molecule has 1 atom stereocenters. The molecule has 102 valence electrons. The van der Waals surface area contributed by atoms with Crippen LogP contribution in [-0.4, -0.2) is 23.1 Å². The van der Waals surface area contributed by atoms with Crippen molar-refractivity contribution in [3.8, 4) is 0 Å². The molecule has 2 rings (SSSR count). The van der Waals surface area contributed by atoms with Crippen molar-refractivity contribution < 1.29 is 4.42 Å². The third-order valence-electron chi connectivity index (χ3n) is 2.78. The number of furan rings is 1. The highest BCUT2D eigenvalue weighted by Gasteiger charge is 2.08. The molecule has 0 saturated carbocycles. The summed E-state index contributed by atoms with van der Waals surface area (Å²) >= 11 is 0. The number of hydrogen-bond donors (Lipinski definition) is 1. The SMILES string of the molecule is Cc1ccc(CN(C)c2ncc(CC(C)N)cn2)o1. The Balaban J connectivity index is 2.01. The molecule has 0 fully saturated rings. The summed E-state index contributed by atoms with van der Waals surface area (Å²) in [6.07, 6.45) is 4.45. The average Bonchev–Trinajstić information content (AvgIpc) is 2.75. The van der Waals surface area contributed by atoms with Crippen molar-refractivity contribution in [2.75, 3.05) is 11.9 Å². The molecule has 2 heterocycles. The molecule has 0 bridgehead atoms. The number of aromatic nitrogens is 2. The highest BCUT2D eigenvalue weighted by atomic mass is 16.3. The number of nitrogens with two attached hydrogens (primary N) is 1. The van der Waals surface area contributed by atoms with E-state index in [4.69, 9.17) is 10.2 Å². The zero-order valence-electron chi connectivity index (χ0n) is 11.6. The van der Waals surface area contributed by atoms with Crippen LogP contribution in [0.4, 0.5) is 5.95 Å². The Morgan fingerprint density at radius 2 is 2.00 bits per heavy atom. The normalized spacial score (nSPS) is 12.4. The van der Waals surface area contributed by atoms with Gasteiger partial charge in [0.25, 0.3) is 0 Å². The van der Waals surface area contributed by atoms with E-state index < -0.39 is 0 Å². The summed E-state index contributed by atoms with van der Waals surface area (Å²) in [5.74, 6) is 2.50. The van der Waals surface area contributed by atoms with Gasteiger partial charge in [0.05, 0.1) is 6.54 Å². The molecule has 5 nitrogen and oxygen atoms in total. The first kappa shape index (κ1) is 13.5. The molecule has 0 aliphatic rings. The fourth-order valence-corrected chi connectivity index (χ4v) is 1.90. The molecule has 2 aromatic rings. The van der Waals surface area contributed by atoms with E-state index in [1.54, 1.807) is 0 Å². The van der Waals surface area contributed by atoms with Crippen molar-refractivity contribution in [3.63, 3.8) is 0 Å². The minimum atomic E-state index is 0.123. The molecule has 2 N–H and O–H groups in total. The van der Waals surface area contributed by atoms with Gasteiger partial charge in [-0.1, -0.05) is 0 Å². The predicted molar refractivity (Wildman–Crippen MR) is 74.9 cm³/mol. The summed E-state index contributed by atoms with van der Waals surface area (Å²) in [6.45, 7) is 4.56. The van der Waals surface area contributed by atoms with Crippen LogP contribution < -0.4 is 10.6 Å². The maximum Gasteiger partial charge on any atom is 0.225 e. The Labute approximate surface area is 113 Å². The Hall–Kier alpha value is -1.88. The molecular weight excluding hydrogens is 240 g/mol. The Kier molecular flexibility index (Phi) is 4.16. The van der Waals surface area contributed by atoms with E-state index in [9.17, 15) is 0 Å². The van der Waals surface area contributed by atoms with Crippen molar-refractivity contribution >= 4 is 5.95 Å². The first-order valence-electron chi connectivity index (χ1n) is 6.37. The van der Waals surface area contributed by atoms with Gasteiger partial charge in [-0.05, 0) is 38.0 Å². The van der Waals surface area contributed by atoms with Gasteiger partial charge in [0, 0.05) is 25.5 Å². The molecule has 0 saturated heterocycles. The molecular formula is C14H20N4O. The zero-order chi connectivity index (χ0) is 13.8. The molecule has 5 heteroatoms. The number of anilines is 1. The van der Waals surface area contributed by atoms with Crippen LogP contribution in [0.3, 0.4) is 0 Å². The lowest BCUT2D eigenvalue weighted by molar-refractivity contribution is 0.480. The minimum absolute atomic E-state index is 0.123. The van der Waals surface area contributed by atoms with Crippen LogP contribution in [-0.2, 0) is 13.0 Å². The Morgan fingerprint density at radius 3 is 2.53 bits per heavy atom. The Bertz CT molecular complexity index is 518. The lowest BCUT2D eigenvalue weighted by Crippen LogP contribution is -2.20. The van der Waals surface area contributed by atoms with Gasteiger partial charge in [0.15, 0.2) is 0 Å². The fraction of sp³-hybridized carbons (Fsp3) is 0.429. The van der Waals surface area contributed by atoms with Crippen LogP contribution in [0.1, 0.15) is 24.0 Å². The van der Waals surface area contributed by atoms with Gasteiger partial charge < -0.3 is 15.1 Å². The van der Waals surface area contributed by atoms with E-state index in [0.29, 0.717) is 12.5 Å². The molecule has 0 aromatic carbocycles. The molecule has 0 aliphatic carbocycles. The van der Waals surface area contributed by atoms with E-state index in [1.165, 1.54) is 0 Å². The van der Waals surface area contributed by atoms with E-state index in [1.807, 2.05) is 50.3 Å². The largest absolute Gasteiger partial charge is 0.464 e. The number of hydrogen-bond acceptors (Lipinski definition) is 5. The molecule has 0 spiro atoms. The first-order chi connectivity index (χ1) is 9.04. The van der Waals surface area contributed by atoms with Crippen LogP contribution in [0, 0.1) is 6.92 Å². The lowest BCUT2D eigenvalue weighted by Gasteiger charge is -2.15. The quantitative estimate of drug-likeness (QED) is 0.889. The minimum Gasteiger partial charge on any atom is -0.464 e. The summed E-state index contributed by atoms with van der Waals surface area (Å²) < 4.78 is 5.54. The molecule has 1 unspecified atom stereocenters. The highest BCUT2D eigenvalue weighted by molar-refractivity contribution is 5.29. The summed E-state index contributed by atoms with van der Waals surface area (Å²) in [7, 11) is 1.94. The van der Waals surface area contributed by atoms with Crippen molar-refractivity contribution in [2.24, 2.45) is 5.73 Å². The standard InChI is InChI=1S/C14H20N4O/c1-10(15)6-12-7-16-14(17-8-12)18(3)9-13-5-4-11(2)19-13/h4-5,7-8,10H,6,9,15H2,1-3H3. The second-order valence-electron chi connectivity index (χ2n) is 4.94. The monoisotopic (exact) mass is 260 g/mol. The van der Waals surface area contributed by atoms with E-state index in [0.717, 1.165) is 23.5 Å². The smallest absolute Gasteiger partial charge is 0.225 e. The van der Waals surface area contributed by atoms with Crippen LogP contribution in [0.5, 0.6) is 0 Å². The van der Waals surface area contributed by atoms with E-state index >= 15 is 0 Å². The van der Waals surface area contributed by atoms with Gasteiger partial charge in [-0.15, -0.1) is 0 Å². The molecule has 19 heavy (non-hydrogen) atoms. The topological polar surface area (TPSA) is 68.2 Å². The number of rotatable bonds is 5. The molecule has 0 aliphatic heterocycles. The third kappa shape index (κ3) is 3.79. The van der Waals surface area contributed by atoms with Gasteiger partial charge in [0.1, 0.15) is 11.5 Å². The number of nitrogens with zero attached hydrogens (tertiary/aromatic N) is 3. The number of aryl methyl sites for hydroxylation is 1. The van der Waals surface area contributed by atoms with Crippen molar-refractivity contribution in [3.05, 3.63) is 41.6 Å². The second-order valence-corrected chi connectivity index (χ2v) is 4.94.